The third kappa shape index (κ3) is 5.09. The first-order valence-corrected chi connectivity index (χ1v) is 8.03. The summed E-state index contributed by atoms with van der Waals surface area (Å²) in [6, 6.07) is 12.5. The third-order valence-electron chi connectivity index (χ3n) is 4.08. The number of H-pyrrole nitrogens is 1. The number of hydrogen-bond acceptors (Lipinski definition) is 2. The van der Waals surface area contributed by atoms with E-state index in [1.165, 1.54) is 11.1 Å². The van der Waals surface area contributed by atoms with Crippen LogP contribution in [0.2, 0.25) is 0 Å². The fourth-order valence-corrected chi connectivity index (χ4v) is 2.82. The number of hydrogen-bond donors (Lipinski definition) is 2. The van der Waals surface area contributed by atoms with Crippen LogP contribution >= 0.6 is 24.0 Å². The summed E-state index contributed by atoms with van der Waals surface area (Å²) in [5, 5.41) is 10.3. The lowest BCUT2D eigenvalue weighted by molar-refractivity contribution is 0.375. The molecular formula is C18H24IN5. The minimum atomic E-state index is 0. The van der Waals surface area contributed by atoms with Gasteiger partial charge in [-0.2, -0.15) is 5.10 Å². The Morgan fingerprint density at radius 3 is 2.62 bits per heavy atom. The summed E-state index contributed by atoms with van der Waals surface area (Å²) >= 11 is 0. The summed E-state index contributed by atoms with van der Waals surface area (Å²) in [5.74, 6) is 0.957. The van der Waals surface area contributed by atoms with Gasteiger partial charge in [0.2, 0.25) is 0 Å². The number of halogens is 1. The van der Waals surface area contributed by atoms with E-state index in [9.17, 15) is 0 Å². The monoisotopic (exact) mass is 437 g/mol. The molecule has 128 valence electrons. The largest absolute Gasteiger partial charge is 0.351 e. The summed E-state index contributed by atoms with van der Waals surface area (Å²) in [4.78, 5) is 6.72. The van der Waals surface area contributed by atoms with Gasteiger partial charge in [-0.25, -0.2) is 0 Å². The first-order valence-electron chi connectivity index (χ1n) is 8.03. The number of piperidine rings is 1. The number of likely N-dealkylation sites (tertiary alicyclic amines) is 1. The predicted molar refractivity (Wildman–Crippen MR) is 109 cm³/mol. The molecule has 0 spiro atoms. The highest BCUT2D eigenvalue weighted by molar-refractivity contribution is 14.0. The lowest BCUT2D eigenvalue weighted by atomic mass is 10.0. The van der Waals surface area contributed by atoms with Gasteiger partial charge in [-0.3, -0.25) is 10.1 Å². The molecule has 0 atom stereocenters. The second kappa shape index (κ2) is 9.46. The average molecular weight is 437 g/mol. The lowest BCUT2D eigenvalue weighted by Gasteiger charge is -2.31. The van der Waals surface area contributed by atoms with Crippen molar-refractivity contribution in [3.8, 4) is 0 Å². The van der Waals surface area contributed by atoms with Gasteiger partial charge in [0.05, 0.1) is 12.2 Å². The number of nitrogens with zero attached hydrogens (tertiary/aromatic N) is 3. The molecule has 1 fully saturated rings. The van der Waals surface area contributed by atoms with E-state index in [4.69, 9.17) is 0 Å². The van der Waals surface area contributed by atoms with E-state index in [1.54, 1.807) is 6.20 Å². The third-order valence-corrected chi connectivity index (χ3v) is 4.08. The molecule has 1 saturated heterocycles. The Hall–Kier alpha value is -1.83. The van der Waals surface area contributed by atoms with Crippen LogP contribution < -0.4 is 5.32 Å². The van der Waals surface area contributed by atoms with Crippen LogP contribution in [0, 0.1) is 0 Å². The molecule has 6 heteroatoms. The highest BCUT2D eigenvalue weighted by Crippen LogP contribution is 2.19. The maximum absolute atomic E-state index is 4.40. The highest BCUT2D eigenvalue weighted by Gasteiger charge is 2.17. The molecule has 0 bridgehead atoms. The zero-order valence-corrected chi connectivity index (χ0v) is 16.2. The Bertz CT molecular complexity index is 654. The van der Waals surface area contributed by atoms with Gasteiger partial charge in [0, 0.05) is 26.3 Å². The quantitative estimate of drug-likeness (QED) is 0.440. The number of nitrogens with one attached hydrogen (secondary N) is 2. The van der Waals surface area contributed by atoms with E-state index in [0.717, 1.165) is 44.1 Å². The van der Waals surface area contributed by atoms with E-state index in [-0.39, 0.29) is 24.0 Å². The van der Waals surface area contributed by atoms with Crippen molar-refractivity contribution >= 4 is 36.0 Å². The molecule has 0 unspecified atom stereocenters. The van der Waals surface area contributed by atoms with Gasteiger partial charge >= 0.3 is 0 Å². The number of aromatic amines is 1. The maximum Gasteiger partial charge on any atom is 0.193 e. The normalized spacial score (nSPS) is 15.0. The van der Waals surface area contributed by atoms with E-state index in [0.29, 0.717) is 0 Å². The van der Waals surface area contributed by atoms with E-state index < -0.39 is 0 Å². The predicted octanol–water partition coefficient (Wildman–Crippen LogP) is 3.28. The van der Waals surface area contributed by atoms with Gasteiger partial charge in [0.15, 0.2) is 5.96 Å². The summed E-state index contributed by atoms with van der Waals surface area (Å²) in [6.07, 6.45) is 6.25. The van der Waals surface area contributed by atoms with Crippen molar-refractivity contribution in [3.05, 3.63) is 59.4 Å². The molecule has 0 radical (unpaired) electrons. The molecule has 1 aliphatic heterocycles. The van der Waals surface area contributed by atoms with Crippen molar-refractivity contribution in [2.45, 2.75) is 19.4 Å². The molecule has 2 N–H and O–H groups in total. The van der Waals surface area contributed by atoms with E-state index >= 15 is 0 Å². The Labute approximate surface area is 160 Å². The van der Waals surface area contributed by atoms with Gasteiger partial charge in [0.25, 0.3) is 0 Å². The number of rotatable bonds is 3. The van der Waals surface area contributed by atoms with Crippen LogP contribution in [0.3, 0.4) is 0 Å². The van der Waals surface area contributed by atoms with Crippen molar-refractivity contribution in [1.82, 2.24) is 20.4 Å². The van der Waals surface area contributed by atoms with Crippen LogP contribution in [0.5, 0.6) is 0 Å². The maximum atomic E-state index is 4.40. The number of benzene rings is 1. The molecule has 5 nitrogen and oxygen atoms in total. The van der Waals surface area contributed by atoms with Crippen LogP contribution in [0.15, 0.2) is 53.2 Å². The molecule has 1 aromatic carbocycles. The molecular weight excluding hydrogens is 413 g/mol. The highest BCUT2D eigenvalue weighted by atomic mass is 127. The Morgan fingerprint density at radius 2 is 2.00 bits per heavy atom. The number of guanidine groups is 1. The number of aromatic nitrogens is 2. The van der Waals surface area contributed by atoms with Crippen LogP contribution in [-0.4, -0.2) is 41.2 Å². The van der Waals surface area contributed by atoms with E-state index in [1.807, 2.05) is 13.1 Å². The summed E-state index contributed by atoms with van der Waals surface area (Å²) in [6.45, 7) is 2.72. The smallest absolute Gasteiger partial charge is 0.193 e. The molecule has 0 saturated carbocycles. The Morgan fingerprint density at radius 1 is 1.25 bits per heavy atom. The minimum Gasteiger partial charge on any atom is -0.351 e. The summed E-state index contributed by atoms with van der Waals surface area (Å²) in [5.41, 5.74) is 3.86. The lowest BCUT2D eigenvalue weighted by Crippen LogP contribution is -2.44. The van der Waals surface area contributed by atoms with Gasteiger partial charge in [-0.1, -0.05) is 42.0 Å². The second-order valence-corrected chi connectivity index (χ2v) is 5.68. The van der Waals surface area contributed by atoms with Crippen LogP contribution in [0.4, 0.5) is 0 Å². The van der Waals surface area contributed by atoms with Gasteiger partial charge in [0.1, 0.15) is 0 Å². The topological polar surface area (TPSA) is 56.3 Å². The zero-order valence-electron chi connectivity index (χ0n) is 13.9. The molecule has 24 heavy (non-hydrogen) atoms. The molecule has 2 aromatic rings. The molecule has 1 aliphatic rings. The van der Waals surface area contributed by atoms with Crippen molar-refractivity contribution in [3.63, 3.8) is 0 Å². The van der Waals surface area contributed by atoms with Crippen LogP contribution in [0.25, 0.3) is 6.08 Å². The molecule has 0 aliphatic carbocycles. The van der Waals surface area contributed by atoms with Crippen molar-refractivity contribution in [2.24, 2.45) is 4.99 Å². The minimum absolute atomic E-state index is 0. The SMILES string of the molecule is CN=C(NCc1ccn[nH]1)N1CCC(=Cc2ccccc2)CC1.I. The zero-order chi connectivity index (χ0) is 15.9. The molecule has 3 rings (SSSR count). The average Bonchev–Trinajstić information content (AvgIpc) is 3.11. The van der Waals surface area contributed by atoms with Gasteiger partial charge in [-0.05, 0) is 24.5 Å². The first-order chi connectivity index (χ1) is 11.3. The fourth-order valence-electron chi connectivity index (χ4n) is 2.82. The van der Waals surface area contributed by atoms with Crippen molar-refractivity contribution < 1.29 is 0 Å². The molecule has 0 amide bonds. The number of aliphatic imine (C=N–C) groups is 1. The summed E-state index contributed by atoms with van der Waals surface area (Å²) < 4.78 is 0. The van der Waals surface area contributed by atoms with Gasteiger partial charge < -0.3 is 10.2 Å². The first kappa shape index (κ1) is 18.5. The second-order valence-electron chi connectivity index (χ2n) is 5.68. The molecule has 2 heterocycles. The fraction of sp³-hybridized carbons (Fsp3) is 0.333. The Balaban J connectivity index is 0.00000208. The standard InChI is InChI=1S/C18H23N5.HI/c1-19-18(20-14-17-7-10-21-22-17)23-11-8-16(9-12-23)13-15-5-3-2-4-6-15;/h2-7,10,13H,8-9,11-12,14H2,1H3,(H,19,20)(H,21,22);1H. The van der Waals surface area contributed by atoms with Crippen molar-refractivity contribution in [2.75, 3.05) is 20.1 Å². The van der Waals surface area contributed by atoms with Gasteiger partial charge in [-0.15, -0.1) is 24.0 Å². The van der Waals surface area contributed by atoms with Crippen LogP contribution in [-0.2, 0) is 6.54 Å². The summed E-state index contributed by atoms with van der Waals surface area (Å²) in [7, 11) is 1.84. The molecule has 1 aromatic heterocycles. The van der Waals surface area contributed by atoms with Crippen LogP contribution in [0.1, 0.15) is 24.1 Å². The van der Waals surface area contributed by atoms with Crippen molar-refractivity contribution in [1.29, 1.82) is 0 Å². The van der Waals surface area contributed by atoms with E-state index in [2.05, 4.69) is 61.8 Å². The Kier molecular flexibility index (Phi) is 7.30.